The largest absolute Gasteiger partial charge is 0.292 e. The van der Waals surface area contributed by atoms with Gasteiger partial charge in [-0.05, 0) is 22.4 Å². The summed E-state index contributed by atoms with van der Waals surface area (Å²) in [5, 5.41) is 4.01. The molecule has 1 heterocycles. The van der Waals surface area contributed by atoms with Crippen molar-refractivity contribution in [2.75, 3.05) is 0 Å². The third-order valence-electron chi connectivity index (χ3n) is 2.17. The van der Waals surface area contributed by atoms with E-state index in [0.29, 0.717) is 12.1 Å². The monoisotopic (exact) mass is 258 g/mol. The first-order chi connectivity index (χ1) is 6.66. The van der Waals surface area contributed by atoms with Gasteiger partial charge >= 0.3 is 0 Å². The Kier molecular flexibility index (Phi) is 4.32. The first kappa shape index (κ1) is 11.4. The zero-order valence-corrected chi connectivity index (χ0v) is 10.2. The van der Waals surface area contributed by atoms with Crippen molar-refractivity contribution in [1.82, 2.24) is 9.78 Å². The second-order valence-corrected chi connectivity index (χ2v) is 4.20. The van der Waals surface area contributed by atoms with Crippen LogP contribution < -0.4 is 0 Å². The lowest BCUT2D eigenvalue weighted by atomic mass is 10.1. The Morgan fingerprint density at radius 2 is 2.29 bits per heavy atom. The van der Waals surface area contributed by atoms with E-state index in [2.05, 4.69) is 28.0 Å². The number of Topliss-reactive ketones (excluding diaryl/α,β-unsaturated/α-hetero) is 1. The van der Waals surface area contributed by atoms with Crippen LogP contribution in [0.5, 0.6) is 0 Å². The summed E-state index contributed by atoms with van der Waals surface area (Å²) in [5.41, 5.74) is 0.682. The molecule has 1 aromatic heterocycles. The Hall–Kier alpha value is -0.640. The number of carbonyl (C=O) groups is 1. The number of halogens is 1. The van der Waals surface area contributed by atoms with E-state index in [9.17, 15) is 4.79 Å². The van der Waals surface area contributed by atoms with E-state index in [1.165, 1.54) is 0 Å². The molecule has 0 aliphatic rings. The average molecular weight is 259 g/mol. The fourth-order valence-electron chi connectivity index (χ4n) is 1.38. The van der Waals surface area contributed by atoms with E-state index >= 15 is 0 Å². The van der Waals surface area contributed by atoms with Crippen LogP contribution in [0, 0.1) is 0 Å². The molecule has 0 bridgehead atoms. The van der Waals surface area contributed by atoms with Gasteiger partial charge in [-0.2, -0.15) is 5.10 Å². The predicted octanol–water partition coefficient (Wildman–Crippen LogP) is 2.95. The molecule has 0 atom stereocenters. The minimum atomic E-state index is 0.172. The summed E-state index contributed by atoms with van der Waals surface area (Å²) in [6, 6.07) is 0. The van der Waals surface area contributed by atoms with Gasteiger partial charge < -0.3 is 0 Å². The van der Waals surface area contributed by atoms with Crippen LogP contribution in [0.3, 0.4) is 0 Å². The standard InChI is InChI=1S/C10H15BrN2O/c1-3-4-5-6-9(14)10-8(11)7-12-13(10)2/h7H,3-6H2,1-2H3. The summed E-state index contributed by atoms with van der Waals surface area (Å²) < 4.78 is 2.42. The smallest absolute Gasteiger partial charge is 0.182 e. The van der Waals surface area contributed by atoms with Gasteiger partial charge in [-0.15, -0.1) is 0 Å². The van der Waals surface area contributed by atoms with Gasteiger partial charge in [0.25, 0.3) is 0 Å². The van der Waals surface area contributed by atoms with Crippen molar-refractivity contribution in [2.24, 2.45) is 7.05 Å². The lowest BCUT2D eigenvalue weighted by Gasteiger charge is -2.01. The summed E-state index contributed by atoms with van der Waals surface area (Å²) in [7, 11) is 1.79. The highest BCUT2D eigenvalue weighted by atomic mass is 79.9. The van der Waals surface area contributed by atoms with Crippen molar-refractivity contribution in [2.45, 2.75) is 32.6 Å². The highest BCUT2D eigenvalue weighted by molar-refractivity contribution is 9.10. The Balaban J connectivity index is 2.60. The molecule has 78 valence electrons. The lowest BCUT2D eigenvalue weighted by Crippen LogP contribution is -2.07. The molecule has 0 spiro atoms. The molecule has 1 aromatic rings. The summed E-state index contributed by atoms with van der Waals surface area (Å²) in [6.07, 6.45) is 5.49. The third kappa shape index (κ3) is 2.67. The number of ketones is 1. The molecule has 0 aromatic carbocycles. The van der Waals surface area contributed by atoms with Crippen LogP contribution >= 0.6 is 15.9 Å². The van der Waals surface area contributed by atoms with Gasteiger partial charge in [0.2, 0.25) is 0 Å². The molecule has 0 saturated carbocycles. The van der Waals surface area contributed by atoms with Gasteiger partial charge in [-0.1, -0.05) is 19.8 Å². The Bertz CT molecular complexity index is 300. The van der Waals surface area contributed by atoms with Gasteiger partial charge in [-0.25, -0.2) is 0 Å². The quantitative estimate of drug-likeness (QED) is 0.602. The van der Waals surface area contributed by atoms with E-state index in [1.54, 1.807) is 17.9 Å². The van der Waals surface area contributed by atoms with Crippen LogP contribution in [0.2, 0.25) is 0 Å². The van der Waals surface area contributed by atoms with Gasteiger partial charge in [0.1, 0.15) is 5.69 Å². The third-order valence-corrected chi connectivity index (χ3v) is 2.75. The number of aryl methyl sites for hydroxylation is 1. The van der Waals surface area contributed by atoms with E-state index < -0.39 is 0 Å². The molecule has 0 aliphatic heterocycles. The maximum absolute atomic E-state index is 11.7. The Morgan fingerprint density at radius 1 is 1.57 bits per heavy atom. The van der Waals surface area contributed by atoms with Crippen LogP contribution in [-0.2, 0) is 7.05 Å². The summed E-state index contributed by atoms with van der Waals surface area (Å²) >= 11 is 3.32. The van der Waals surface area contributed by atoms with E-state index in [1.807, 2.05) is 0 Å². The molecule has 0 aliphatic carbocycles. The first-order valence-corrected chi connectivity index (χ1v) is 5.66. The Morgan fingerprint density at radius 3 is 2.79 bits per heavy atom. The minimum absolute atomic E-state index is 0.172. The van der Waals surface area contributed by atoms with Crippen molar-refractivity contribution in [1.29, 1.82) is 0 Å². The second-order valence-electron chi connectivity index (χ2n) is 3.35. The lowest BCUT2D eigenvalue weighted by molar-refractivity contribution is 0.0969. The molecule has 3 nitrogen and oxygen atoms in total. The zero-order valence-electron chi connectivity index (χ0n) is 8.59. The van der Waals surface area contributed by atoms with E-state index in [0.717, 1.165) is 23.7 Å². The van der Waals surface area contributed by atoms with Crippen molar-refractivity contribution in [3.05, 3.63) is 16.4 Å². The first-order valence-electron chi connectivity index (χ1n) is 4.87. The summed E-state index contributed by atoms with van der Waals surface area (Å²) in [4.78, 5) is 11.7. The number of rotatable bonds is 5. The number of hydrogen-bond donors (Lipinski definition) is 0. The fraction of sp³-hybridized carbons (Fsp3) is 0.600. The van der Waals surface area contributed by atoms with Crippen LogP contribution in [0.25, 0.3) is 0 Å². The van der Waals surface area contributed by atoms with Crippen LogP contribution in [0.1, 0.15) is 43.1 Å². The zero-order chi connectivity index (χ0) is 10.6. The highest BCUT2D eigenvalue weighted by Gasteiger charge is 2.14. The van der Waals surface area contributed by atoms with Crippen molar-refractivity contribution in [3.63, 3.8) is 0 Å². The van der Waals surface area contributed by atoms with Crippen molar-refractivity contribution in [3.8, 4) is 0 Å². The van der Waals surface area contributed by atoms with Gasteiger partial charge in [0, 0.05) is 13.5 Å². The molecule has 0 amide bonds. The molecule has 1 rings (SSSR count). The molecular weight excluding hydrogens is 244 g/mol. The average Bonchev–Trinajstić information content (AvgIpc) is 2.46. The van der Waals surface area contributed by atoms with Gasteiger partial charge in [0.05, 0.1) is 10.7 Å². The maximum atomic E-state index is 11.7. The molecule has 0 radical (unpaired) electrons. The number of carbonyl (C=O) groups excluding carboxylic acids is 1. The van der Waals surface area contributed by atoms with Gasteiger partial charge in [-0.3, -0.25) is 9.48 Å². The molecule has 14 heavy (non-hydrogen) atoms. The SMILES string of the molecule is CCCCCC(=O)c1c(Br)cnn1C. The number of unbranched alkanes of at least 4 members (excludes halogenated alkanes) is 2. The van der Waals surface area contributed by atoms with E-state index in [-0.39, 0.29) is 5.78 Å². The predicted molar refractivity (Wildman–Crippen MR) is 59.4 cm³/mol. The fourth-order valence-corrected chi connectivity index (χ4v) is 1.95. The van der Waals surface area contributed by atoms with Crippen LogP contribution in [-0.4, -0.2) is 15.6 Å². The number of hydrogen-bond acceptors (Lipinski definition) is 2. The van der Waals surface area contributed by atoms with Crippen LogP contribution in [0.15, 0.2) is 10.7 Å². The second kappa shape index (κ2) is 5.29. The van der Waals surface area contributed by atoms with Crippen molar-refractivity contribution >= 4 is 21.7 Å². The molecule has 0 fully saturated rings. The maximum Gasteiger partial charge on any atom is 0.182 e. The molecule has 4 heteroatoms. The minimum Gasteiger partial charge on any atom is -0.292 e. The highest BCUT2D eigenvalue weighted by Crippen LogP contribution is 2.17. The molecule has 0 saturated heterocycles. The normalized spacial score (nSPS) is 10.5. The summed E-state index contributed by atoms with van der Waals surface area (Å²) in [5.74, 6) is 0.172. The number of aromatic nitrogens is 2. The molecular formula is C10H15BrN2O. The summed E-state index contributed by atoms with van der Waals surface area (Å²) in [6.45, 7) is 2.13. The van der Waals surface area contributed by atoms with Gasteiger partial charge in [0.15, 0.2) is 5.78 Å². The molecule has 0 unspecified atom stereocenters. The Labute approximate surface area is 92.6 Å². The van der Waals surface area contributed by atoms with Crippen molar-refractivity contribution < 1.29 is 4.79 Å². The topological polar surface area (TPSA) is 34.9 Å². The van der Waals surface area contributed by atoms with E-state index in [4.69, 9.17) is 0 Å². The molecule has 0 N–H and O–H groups in total. The number of nitrogens with zero attached hydrogens (tertiary/aromatic N) is 2. The van der Waals surface area contributed by atoms with Crippen LogP contribution in [0.4, 0.5) is 0 Å².